The molecule has 2 aromatic rings. The quantitative estimate of drug-likeness (QED) is 0.513. The van der Waals surface area contributed by atoms with Gasteiger partial charge in [0.1, 0.15) is 17.5 Å². The molecule has 0 fully saturated rings. The summed E-state index contributed by atoms with van der Waals surface area (Å²) in [5.74, 6) is 0. The van der Waals surface area contributed by atoms with Crippen LogP contribution in [0.5, 0.6) is 0 Å². The van der Waals surface area contributed by atoms with Crippen molar-refractivity contribution in [2.45, 2.75) is 0 Å². The molecule has 0 aliphatic heterocycles. The number of fused-ring (bicyclic) bond motifs is 1. The van der Waals surface area contributed by atoms with Gasteiger partial charge in [0, 0.05) is 10.9 Å². The van der Waals surface area contributed by atoms with Gasteiger partial charge in [0.05, 0.1) is 0 Å². The molecule has 0 aliphatic rings. The van der Waals surface area contributed by atoms with Crippen molar-refractivity contribution in [1.82, 2.24) is 0 Å². The predicted octanol–water partition coefficient (Wildman–Crippen LogP) is -0.0749. The van der Waals surface area contributed by atoms with E-state index in [0.29, 0.717) is 17.4 Å². The van der Waals surface area contributed by atoms with Crippen LogP contribution in [0.2, 0.25) is 0 Å². The van der Waals surface area contributed by atoms with Gasteiger partial charge in [-0.2, -0.15) is 0 Å². The Morgan fingerprint density at radius 2 is 2.07 bits per heavy atom. The van der Waals surface area contributed by atoms with E-state index >= 15 is 0 Å². The van der Waals surface area contributed by atoms with Gasteiger partial charge < -0.3 is 14.5 Å². The Morgan fingerprint density at radius 3 is 2.71 bits per heavy atom. The summed E-state index contributed by atoms with van der Waals surface area (Å²) in [5.41, 5.74) is 1.03. The highest BCUT2D eigenvalue weighted by molar-refractivity contribution is 6.57. The lowest BCUT2D eigenvalue weighted by atomic mass is 9.88. The lowest BCUT2D eigenvalue weighted by molar-refractivity contribution is 0.112. The summed E-state index contributed by atoms with van der Waals surface area (Å²) < 4.78 is 5.11. The maximum absolute atomic E-state index is 10.5. The van der Waals surface area contributed by atoms with Crippen molar-refractivity contribution < 1.29 is 19.3 Å². The second-order valence-electron chi connectivity index (χ2n) is 2.94. The lowest BCUT2D eigenvalue weighted by Gasteiger charge is -1.90. The summed E-state index contributed by atoms with van der Waals surface area (Å²) in [6.45, 7) is 0. The summed E-state index contributed by atoms with van der Waals surface area (Å²) in [4.78, 5) is 10.5. The van der Waals surface area contributed by atoms with Crippen molar-refractivity contribution in [2.75, 3.05) is 0 Å². The topological polar surface area (TPSA) is 70.7 Å². The first-order chi connectivity index (χ1) is 6.70. The van der Waals surface area contributed by atoms with E-state index in [-0.39, 0.29) is 5.66 Å². The van der Waals surface area contributed by atoms with E-state index in [2.05, 4.69) is 0 Å². The summed E-state index contributed by atoms with van der Waals surface area (Å²) in [6, 6.07) is 6.40. The van der Waals surface area contributed by atoms with E-state index < -0.39 is 7.12 Å². The molecule has 0 bridgehead atoms. The van der Waals surface area contributed by atoms with E-state index in [1.807, 2.05) is 0 Å². The van der Waals surface area contributed by atoms with Gasteiger partial charge in [-0.3, -0.25) is 4.79 Å². The fourth-order valence-electron chi connectivity index (χ4n) is 1.27. The van der Waals surface area contributed by atoms with Gasteiger partial charge in [0.25, 0.3) is 0 Å². The van der Waals surface area contributed by atoms with Crippen LogP contribution in [0.4, 0.5) is 0 Å². The second-order valence-corrected chi connectivity index (χ2v) is 2.94. The molecule has 14 heavy (non-hydrogen) atoms. The zero-order chi connectivity index (χ0) is 10.1. The molecule has 0 unspecified atom stereocenters. The molecule has 4 nitrogen and oxygen atoms in total. The molecule has 0 saturated heterocycles. The second kappa shape index (κ2) is 3.28. The highest BCUT2D eigenvalue weighted by Gasteiger charge is 2.16. The van der Waals surface area contributed by atoms with Crippen molar-refractivity contribution in [2.24, 2.45) is 0 Å². The molecular formula is C9H7BO4. The zero-order valence-electron chi connectivity index (χ0n) is 7.18. The van der Waals surface area contributed by atoms with Crippen molar-refractivity contribution >= 4 is 30.0 Å². The number of aldehydes is 1. The summed E-state index contributed by atoms with van der Waals surface area (Å²) >= 11 is 0. The molecule has 0 saturated carbocycles. The van der Waals surface area contributed by atoms with Gasteiger partial charge in [0.2, 0.25) is 0 Å². The predicted molar refractivity (Wildman–Crippen MR) is 51.4 cm³/mol. The van der Waals surface area contributed by atoms with Crippen LogP contribution in [0.3, 0.4) is 0 Å². The Morgan fingerprint density at radius 1 is 1.29 bits per heavy atom. The fourth-order valence-corrected chi connectivity index (χ4v) is 1.27. The van der Waals surface area contributed by atoms with Gasteiger partial charge >= 0.3 is 7.12 Å². The van der Waals surface area contributed by atoms with Crippen LogP contribution in [0.1, 0.15) is 10.4 Å². The molecule has 1 aromatic carbocycles. The van der Waals surface area contributed by atoms with Crippen molar-refractivity contribution in [3.8, 4) is 0 Å². The monoisotopic (exact) mass is 190 g/mol. The first kappa shape index (κ1) is 8.99. The Bertz CT molecular complexity index is 475. The maximum Gasteiger partial charge on any atom is 0.526 e. The molecule has 70 valence electrons. The van der Waals surface area contributed by atoms with Crippen LogP contribution in [0.25, 0.3) is 11.0 Å². The van der Waals surface area contributed by atoms with E-state index in [1.54, 1.807) is 18.2 Å². The lowest BCUT2D eigenvalue weighted by Crippen LogP contribution is -2.27. The Labute approximate surface area is 79.9 Å². The smallest absolute Gasteiger partial charge is 0.465 e. The molecule has 0 aliphatic carbocycles. The third-order valence-electron chi connectivity index (χ3n) is 1.95. The maximum atomic E-state index is 10.5. The number of furan rings is 1. The summed E-state index contributed by atoms with van der Waals surface area (Å²) in [6.07, 6.45) is 0.705. The molecule has 1 heterocycles. The molecule has 0 radical (unpaired) electrons. The highest BCUT2D eigenvalue weighted by atomic mass is 16.4. The van der Waals surface area contributed by atoms with Gasteiger partial charge in [-0.05, 0) is 12.1 Å². The third-order valence-corrected chi connectivity index (χ3v) is 1.95. The minimum atomic E-state index is -1.62. The van der Waals surface area contributed by atoms with Crippen LogP contribution in [-0.4, -0.2) is 23.5 Å². The van der Waals surface area contributed by atoms with Crippen LogP contribution in [0.15, 0.2) is 28.7 Å². The molecule has 0 spiro atoms. The third kappa shape index (κ3) is 1.43. The van der Waals surface area contributed by atoms with Crippen molar-refractivity contribution in [3.05, 3.63) is 29.8 Å². The molecule has 0 amide bonds. The van der Waals surface area contributed by atoms with Gasteiger partial charge in [-0.15, -0.1) is 0 Å². The molecule has 0 atom stereocenters. The Hall–Kier alpha value is -1.59. The first-order valence-electron chi connectivity index (χ1n) is 4.05. The summed E-state index contributed by atoms with van der Waals surface area (Å²) in [5, 5.41) is 18.4. The minimum Gasteiger partial charge on any atom is -0.465 e. The standard InChI is InChI=1S/C9H7BO4/c11-5-6-1-2-7-4-9(10(12)13)14-8(7)3-6/h1-5,12-13H. The first-order valence-corrected chi connectivity index (χ1v) is 4.05. The van der Waals surface area contributed by atoms with E-state index in [9.17, 15) is 4.79 Å². The average molecular weight is 190 g/mol. The van der Waals surface area contributed by atoms with Crippen LogP contribution in [-0.2, 0) is 0 Å². The number of benzene rings is 1. The fraction of sp³-hybridized carbons (Fsp3) is 0. The van der Waals surface area contributed by atoms with Crippen LogP contribution < -0.4 is 5.66 Å². The van der Waals surface area contributed by atoms with Crippen LogP contribution in [0, 0.1) is 0 Å². The molecular weight excluding hydrogens is 183 g/mol. The normalized spacial score (nSPS) is 10.4. The van der Waals surface area contributed by atoms with Gasteiger partial charge in [-0.25, -0.2) is 0 Å². The van der Waals surface area contributed by atoms with E-state index in [4.69, 9.17) is 14.5 Å². The SMILES string of the molecule is O=Cc1ccc2cc(B(O)O)oc2c1. The molecule has 1 aromatic heterocycles. The Kier molecular flexibility index (Phi) is 2.11. The number of hydrogen-bond acceptors (Lipinski definition) is 4. The van der Waals surface area contributed by atoms with E-state index in [0.717, 1.165) is 5.39 Å². The minimum absolute atomic E-state index is 0.0723. The zero-order valence-corrected chi connectivity index (χ0v) is 7.18. The highest BCUT2D eigenvalue weighted by Crippen LogP contribution is 2.15. The number of rotatable bonds is 2. The van der Waals surface area contributed by atoms with Crippen molar-refractivity contribution in [3.63, 3.8) is 0 Å². The Balaban J connectivity index is 2.59. The van der Waals surface area contributed by atoms with Crippen LogP contribution >= 0.6 is 0 Å². The molecule has 2 rings (SSSR count). The van der Waals surface area contributed by atoms with Gasteiger partial charge in [0.15, 0.2) is 0 Å². The molecule has 5 heteroatoms. The number of carbonyl (C=O) groups is 1. The summed E-state index contributed by atoms with van der Waals surface area (Å²) in [7, 11) is -1.62. The number of hydrogen-bond donors (Lipinski definition) is 2. The molecule has 2 N–H and O–H groups in total. The van der Waals surface area contributed by atoms with Gasteiger partial charge in [-0.1, -0.05) is 12.1 Å². The number of carbonyl (C=O) groups excluding carboxylic acids is 1. The average Bonchev–Trinajstić information content (AvgIpc) is 2.59. The van der Waals surface area contributed by atoms with E-state index in [1.165, 1.54) is 6.07 Å². The largest absolute Gasteiger partial charge is 0.526 e. The van der Waals surface area contributed by atoms with Crippen molar-refractivity contribution in [1.29, 1.82) is 0 Å².